The van der Waals surface area contributed by atoms with Crippen LogP contribution in [0.1, 0.15) is 36.8 Å². The zero-order chi connectivity index (χ0) is 18.1. The molecule has 0 aromatic heterocycles. The molecular formula is C21H27NO3. The molecule has 0 aliphatic heterocycles. The van der Waals surface area contributed by atoms with Gasteiger partial charge in [0.25, 0.3) is 0 Å². The van der Waals surface area contributed by atoms with E-state index < -0.39 is 5.97 Å². The Balaban J connectivity index is 1.93. The summed E-state index contributed by atoms with van der Waals surface area (Å²) in [5.41, 5.74) is 2.47. The number of aliphatic carboxylic acids is 1. The highest BCUT2D eigenvalue weighted by Gasteiger charge is 2.14. The number of hydrogen-bond donors (Lipinski definition) is 2. The van der Waals surface area contributed by atoms with E-state index in [1.54, 1.807) is 7.11 Å². The molecule has 2 rings (SSSR count). The Bertz CT molecular complexity index is 640. The van der Waals surface area contributed by atoms with Crippen molar-refractivity contribution in [1.29, 1.82) is 0 Å². The van der Waals surface area contributed by atoms with Gasteiger partial charge in [-0.3, -0.25) is 4.79 Å². The average molecular weight is 341 g/mol. The van der Waals surface area contributed by atoms with E-state index in [-0.39, 0.29) is 12.5 Å². The Morgan fingerprint density at radius 3 is 2.40 bits per heavy atom. The van der Waals surface area contributed by atoms with Crippen LogP contribution in [0.2, 0.25) is 0 Å². The number of rotatable bonds is 10. The summed E-state index contributed by atoms with van der Waals surface area (Å²) in [5, 5.41) is 12.5. The molecular weight excluding hydrogens is 314 g/mol. The third-order valence-electron chi connectivity index (χ3n) is 4.43. The first-order valence-corrected chi connectivity index (χ1v) is 8.71. The Labute approximate surface area is 149 Å². The third kappa shape index (κ3) is 6.59. The zero-order valence-corrected chi connectivity index (χ0v) is 14.9. The maximum Gasteiger partial charge on any atom is 0.303 e. The molecule has 0 fully saturated rings. The second kappa shape index (κ2) is 9.84. The maximum atomic E-state index is 10.9. The van der Waals surface area contributed by atoms with Gasteiger partial charge in [-0.05, 0) is 42.0 Å². The Morgan fingerprint density at radius 1 is 1.12 bits per heavy atom. The minimum Gasteiger partial charge on any atom is -0.497 e. The van der Waals surface area contributed by atoms with Crippen molar-refractivity contribution in [3.05, 3.63) is 65.7 Å². The van der Waals surface area contributed by atoms with Gasteiger partial charge >= 0.3 is 5.97 Å². The fraction of sp³-hybridized carbons (Fsp3) is 0.381. The topological polar surface area (TPSA) is 58.6 Å². The van der Waals surface area contributed by atoms with E-state index in [0.29, 0.717) is 12.3 Å². The monoisotopic (exact) mass is 341 g/mol. The lowest BCUT2D eigenvalue weighted by Crippen LogP contribution is -2.34. The zero-order valence-electron chi connectivity index (χ0n) is 14.9. The standard InChI is InChI=1S/C21H27NO3/c1-16(18-8-11-20(25-2)12-9-18)15-22-19(10-13-21(23)24)14-17-6-4-3-5-7-17/h3-9,11-12,16,19,22H,10,13-15H2,1-2H3,(H,23,24). The van der Waals surface area contributed by atoms with Crippen molar-refractivity contribution in [1.82, 2.24) is 5.32 Å². The Hall–Kier alpha value is -2.33. The normalized spacial score (nSPS) is 13.2. The van der Waals surface area contributed by atoms with Crippen molar-refractivity contribution >= 4 is 5.97 Å². The van der Waals surface area contributed by atoms with Crippen LogP contribution in [-0.4, -0.2) is 30.8 Å². The molecule has 4 heteroatoms. The maximum absolute atomic E-state index is 10.9. The molecule has 2 unspecified atom stereocenters. The van der Waals surface area contributed by atoms with E-state index in [1.165, 1.54) is 11.1 Å². The van der Waals surface area contributed by atoms with E-state index in [0.717, 1.165) is 18.7 Å². The molecule has 2 aromatic rings. The van der Waals surface area contributed by atoms with Gasteiger partial charge in [0.2, 0.25) is 0 Å². The number of carbonyl (C=O) groups is 1. The molecule has 0 saturated heterocycles. The lowest BCUT2D eigenvalue weighted by atomic mass is 9.98. The number of nitrogens with one attached hydrogen (secondary N) is 1. The highest BCUT2D eigenvalue weighted by molar-refractivity contribution is 5.66. The van der Waals surface area contributed by atoms with Gasteiger partial charge in [0.15, 0.2) is 0 Å². The summed E-state index contributed by atoms with van der Waals surface area (Å²) in [4.78, 5) is 10.9. The minimum absolute atomic E-state index is 0.152. The molecule has 0 bridgehead atoms. The van der Waals surface area contributed by atoms with Crippen molar-refractivity contribution in [2.45, 2.75) is 38.1 Å². The summed E-state index contributed by atoms with van der Waals surface area (Å²) in [6.45, 7) is 2.98. The summed E-state index contributed by atoms with van der Waals surface area (Å²) >= 11 is 0. The smallest absolute Gasteiger partial charge is 0.303 e. The van der Waals surface area contributed by atoms with Gasteiger partial charge in [-0.2, -0.15) is 0 Å². The van der Waals surface area contributed by atoms with Crippen molar-refractivity contribution in [3.8, 4) is 5.75 Å². The quantitative estimate of drug-likeness (QED) is 0.689. The Morgan fingerprint density at radius 2 is 1.80 bits per heavy atom. The molecule has 25 heavy (non-hydrogen) atoms. The predicted molar refractivity (Wildman–Crippen MR) is 100 cm³/mol. The fourth-order valence-corrected chi connectivity index (χ4v) is 2.87. The highest BCUT2D eigenvalue weighted by atomic mass is 16.5. The summed E-state index contributed by atoms with van der Waals surface area (Å²) in [5.74, 6) is 0.449. The van der Waals surface area contributed by atoms with Gasteiger partial charge < -0.3 is 15.2 Å². The van der Waals surface area contributed by atoms with Crippen LogP contribution in [0.15, 0.2) is 54.6 Å². The van der Waals surface area contributed by atoms with Gasteiger partial charge in [-0.1, -0.05) is 49.4 Å². The first kappa shape index (κ1) is 19.0. The van der Waals surface area contributed by atoms with Crippen LogP contribution < -0.4 is 10.1 Å². The molecule has 0 spiro atoms. The van der Waals surface area contributed by atoms with Crippen LogP contribution in [0, 0.1) is 0 Å². The SMILES string of the molecule is COc1ccc(C(C)CNC(CCC(=O)O)Cc2ccccc2)cc1. The van der Waals surface area contributed by atoms with Crippen LogP contribution in [0.4, 0.5) is 0 Å². The van der Waals surface area contributed by atoms with Gasteiger partial charge in [0, 0.05) is 19.0 Å². The molecule has 0 amide bonds. The van der Waals surface area contributed by atoms with Crippen LogP contribution >= 0.6 is 0 Å². The summed E-state index contributed by atoms with van der Waals surface area (Å²) in [6, 6.07) is 18.4. The second-order valence-electron chi connectivity index (χ2n) is 6.40. The lowest BCUT2D eigenvalue weighted by Gasteiger charge is -2.21. The van der Waals surface area contributed by atoms with Crippen LogP contribution in [0.3, 0.4) is 0 Å². The van der Waals surface area contributed by atoms with Gasteiger partial charge in [-0.15, -0.1) is 0 Å². The summed E-state index contributed by atoms with van der Waals surface area (Å²) < 4.78 is 5.20. The van der Waals surface area contributed by atoms with Crippen molar-refractivity contribution < 1.29 is 14.6 Å². The number of benzene rings is 2. The lowest BCUT2D eigenvalue weighted by molar-refractivity contribution is -0.137. The molecule has 0 saturated carbocycles. The van der Waals surface area contributed by atoms with Crippen LogP contribution in [-0.2, 0) is 11.2 Å². The van der Waals surface area contributed by atoms with Crippen molar-refractivity contribution in [3.63, 3.8) is 0 Å². The summed E-state index contributed by atoms with van der Waals surface area (Å²) in [6.07, 6.45) is 1.64. The molecule has 134 valence electrons. The largest absolute Gasteiger partial charge is 0.497 e. The molecule has 2 N–H and O–H groups in total. The van der Waals surface area contributed by atoms with Gasteiger partial charge in [0.05, 0.1) is 7.11 Å². The van der Waals surface area contributed by atoms with E-state index in [1.807, 2.05) is 30.3 Å². The minimum atomic E-state index is -0.747. The number of methoxy groups -OCH3 is 1. The van der Waals surface area contributed by atoms with E-state index in [2.05, 4.69) is 36.5 Å². The van der Waals surface area contributed by atoms with Crippen LogP contribution in [0.5, 0.6) is 5.75 Å². The first-order valence-electron chi connectivity index (χ1n) is 8.71. The molecule has 2 atom stereocenters. The average Bonchev–Trinajstić information content (AvgIpc) is 2.64. The fourth-order valence-electron chi connectivity index (χ4n) is 2.87. The Kier molecular flexibility index (Phi) is 7.48. The first-order chi connectivity index (χ1) is 12.1. The third-order valence-corrected chi connectivity index (χ3v) is 4.43. The van der Waals surface area contributed by atoms with E-state index in [9.17, 15) is 4.79 Å². The van der Waals surface area contributed by atoms with E-state index in [4.69, 9.17) is 9.84 Å². The number of carboxylic acid groups (broad SMARTS) is 1. The van der Waals surface area contributed by atoms with Crippen LogP contribution in [0.25, 0.3) is 0 Å². The summed E-state index contributed by atoms with van der Waals surface area (Å²) in [7, 11) is 1.66. The number of hydrogen-bond acceptors (Lipinski definition) is 3. The van der Waals surface area contributed by atoms with Crippen molar-refractivity contribution in [2.75, 3.05) is 13.7 Å². The molecule has 0 aliphatic rings. The van der Waals surface area contributed by atoms with Crippen molar-refractivity contribution in [2.24, 2.45) is 0 Å². The molecule has 0 radical (unpaired) electrons. The predicted octanol–water partition coefficient (Wildman–Crippen LogP) is 3.86. The second-order valence-corrected chi connectivity index (χ2v) is 6.40. The van der Waals surface area contributed by atoms with E-state index >= 15 is 0 Å². The number of carboxylic acids is 1. The molecule has 4 nitrogen and oxygen atoms in total. The molecule has 2 aromatic carbocycles. The number of ether oxygens (including phenoxy) is 1. The molecule has 0 aliphatic carbocycles. The molecule has 0 heterocycles. The van der Waals surface area contributed by atoms with Gasteiger partial charge in [-0.25, -0.2) is 0 Å². The van der Waals surface area contributed by atoms with Gasteiger partial charge in [0.1, 0.15) is 5.75 Å². The highest BCUT2D eigenvalue weighted by Crippen LogP contribution is 2.19.